The fraction of sp³-hybridized carbons (Fsp3) is 0.733. The highest BCUT2D eigenvalue weighted by Crippen LogP contribution is 2.23. The second kappa shape index (κ2) is 7.43. The minimum atomic E-state index is -0.205. The van der Waals surface area contributed by atoms with Crippen LogP contribution in [0.3, 0.4) is 0 Å². The van der Waals surface area contributed by atoms with Gasteiger partial charge in [0.1, 0.15) is 5.76 Å². The number of carbonyl (C=O) groups is 1. The van der Waals surface area contributed by atoms with Crippen molar-refractivity contribution in [1.82, 2.24) is 9.88 Å². The van der Waals surface area contributed by atoms with E-state index < -0.39 is 0 Å². The van der Waals surface area contributed by atoms with Crippen molar-refractivity contribution >= 4 is 5.97 Å². The maximum absolute atomic E-state index is 11.6. The summed E-state index contributed by atoms with van der Waals surface area (Å²) in [6.45, 7) is 12.2. The summed E-state index contributed by atoms with van der Waals surface area (Å²) in [6.07, 6.45) is 2.73. The second-order valence-corrected chi connectivity index (χ2v) is 5.88. The topological polar surface area (TPSA) is 55.6 Å². The minimum Gasteiger partial charge on any atom is -0.465 e. The van der Waals surface area contributed by atoms with E-state index in [1.807, 2.05) is 11.8 Å². The first-order valence-electron chi connectivity index (χ1n) is 7.20. The van der Waals surface area contributed by atoms with Gasteiger partial charge in [0, 0.05) is 5.41 Å². The van der Waals surface area contributed by atoms with Crippen LogP contribution in [-0.2, 0) is 21.5 Å². The minimum absolute atomic E-state index is 0.0536. The number of oxazole rings is 1. The summed E-state index contributed by atoms with van der Waals surface area (Å²) in [6, 6.07) is 0. The number of rotatable bonds is 7. The summed E-state index contributed by atoms with van der Waals surface area (Å²) in [5.74, 6) is 1.30. The van der Waals surface area contributed by atoms with Gasteiger partial charge in [0.15, 0.2) is 0 Å². The molecule has 1 aromatic rings. The van der Waals surface area contributed by atoms with Crippen LogP contribution in [0.4, 0.5) is 0 Å². The summed E-state index contributed by atoms with van der Waals surface area (Å²) in [5.41, 5.74) is -0.0536. The Morgan fingerprint density at radius 2 is 2.10 bits per heavy atom. The van der Waals surface area contributed by atoms with Crippen LogP contribution in [0, 0.1) is 0 Å². The van der Waals surface area contributed by atoms with E-state index in [1.165, 1.54) is 0 Å². The average Bonchev–Trinajstić information content (AvgIpc) is 2.77. The van der Waals surface area contributed by atoms with Gasteiger partial charge in [-0.3, -0.25) is 9.69 Å². The lowest BCUT2D eigenvalue weighted by Gasteiger charge is -2.19. The van der Waals surface area contributed by atoms with Crippen LogP contribution in [0.15, 0.2) is 10.6 Å². The van der Waals surface area contributed by atoms with Crippen molar-refractivity contribution in [2.75, 3.05) is 19.7 Å². The third-order valence-corrected chi connectivity index (χ3v) is 2.85. The Bertz CT molecular complexity index is 421. The highest BCUT2D eigenvalue weighted by atomic mass is 16.5. The summed E-state index contributed by atoms with van der Waals surface area (Å²) in [4.78, 5) is 17.9. The molecule has 0 N–H and O–H groups in total. The fourth-order valence-electron chi connectivity index (χ4n) is 1.84. The largest absolute Gasteiger partial charge is 0.465 e. The molecule has 0 bridgehead atoms. The highest BCUT2D eigenvalue weighted by Gasteiger charge is 2.20. The van der Waals surface area contributed by atoms with Crippen LogP contribution in [0.1, 0.15) is 52.7 Å². The van der Waals surface area contributed by atoms with Gasteiger partial charge in [-0.05, 0) is 19.9 Å². The first-order valence-corrected chi connectivity index (χ1v) is 7.20. The summed E-state index contributed by atoms with van der Waals surface area (Å²) < 4.78 is 10.7. The van der Waals surface area contributed by atoms with E-state index >= 15 is 0 Å². The SMILES string of the molecule is CCCN(CC(=O)OCC)Cc1ncc(C(C)(C)C)o1. The fourth-order valence-corrected chi connectivity index (χ4v) is 1.84. The molecule has 5 heteroatoms. The standard InChI is InChI=1S/C15H26N2O3/c1-6-8-17(11-14(18)19-7-2)10-13-16-9-12(20-13)15(3,4)5/h9H,6-8,10-11H2,1-5H3. The Morgan fingerprint density at radius 3 is 2.60 bits per heavy atom. The van der Waals surface area contributed by atoms with Crippen molar-refractivity contribution in [2.45, 2.75) is 53.0 Å². The first-order chi connectivity index (χ1) is 9.36. The van der Waals surface area contributed by atoms with Gasteiger partial charge in [-0.15, -0.1) is 0 Å². The number of ether oxygens (including phenoxy) is 1. The van der Waals surface area contributed by atoms with Crippen molar-refractivity contribution in [3.63, 3.8) is 0 Å². The molecule has 0 atom stereocenters. The first kappa shape index (κ1) is 16.7. The zero-order valence-corrected chi connectivity index (χ0v) is 13.2. The van der Waals surface area contributed by atoms with Gasteiger partial charge in [0.05, 0.1) is 25.9 Å². The van der Waals surface area contributed by atoms with E-state index in [9.17, 15) is 4.79 Å². The smallest absolute Gasteiger partial charge is 0.320 e. The van der Waals surface area contributed by atoms with E-state index in [0.717, 1.165) is 18.7 Å². The molecule has 0 radical (unpaired) electrons. The molecular formula is C15H26N2O3. The molecule has 0 aliphatic carbocycles. The Balaban J connectivity index is 2.65. The van der Waals surface area contributed by atoms with Crippen LogP contribution in [0.5, 0.6) is 0 Å². The molecule has 0 aromatic carbocycles. The monoisotopic (exact) mass is 282 g/mol. The van der Waals surface area contributed by atoms with E-state index in [1.54, 1.807) is 6.20 Å². The van der Waals surface area contributed by atoms with Crippen molar-refractivity contribution < 1.29 is 13.9 Å². The Hall–Kier alpha value is -1.36. The van der Waals surface area contributed by atoms with Gasteiger partial charge in [0.25, 0.3) is 0 Å². The highest BCUT2D eigenvalue weighted by molar-refractivity contribution is 5.71. The number of carbonyl (C=O) groups excluding carboxylic acids is 1. The molecule has 0 aliphatic rings. The summed E-state index contributed by atoms with van der Waals surface area (Å²) in [5, 5.41) is 0. The quantitative estimate of drug-likeness (QED) is 0.720. The maximum Gasteiger partial charge on any atom is 0.320 e. The molecular weight excluding hydrogens is 256 g/mol. The molecule has 1 rings (SSSR count). The van der Waals surface area contributed by atoms with Crippen LogP contribution in [0.25, 0.3) is 0 Å². The normalized spacial score (nSPS) is 11.9. The molecule has 5 nitrogen and oxygen atoms in total. The van der Waals surface area contributed by atoms with Crippen molar-refractivity contribution in [2.24, 2.45) is 0 Å². The van der Waals surface area contributed by atoms with Crippen LogP contribution < -0.4 is 0 Å². The lowest BCUT2D eigenvalue weighted by Crippen LogP contribution is -2.31. The lowest BCUT2D eigenvalue weighted by molar-refractivity contribution is -0.144. The third kappa shape index (κ3) is 5.33. The van der Waals surface area contributed by atoms with E-state index in [-0.39, 0.29) is 17.9 Å². The number of aromatic nitrogens is 1. The molecule has 0 amide bonds. The number of esters is 1. The van der Waals surface area contributed by atoms with Crippen molar-refractivity contribution in [3.05, 3.63) is 17.8 Å². The predicted octanol–water partition coefficient (Wildman–Crippen LogP) is 2.75. The number of nitrogens with zero attached hydrogens (tertiary/aromatic N) is 2. The average molecular weight is 282 g/mol. The van der Waals surface area contributed by atoms with Gasteiger partial charge < -0.3 is 9.15 Å². The van der Waals surface area contributed by atoms with Crippen LogP contribution >= 0.6 is 0 Å². The molecule has 1 heterocycles. The maximum atomic E-state index is 11.6. The Morgan fingerprint density at radius 1 is 1.40 bits per heavy atom. The second-order valence-electron chi connectivity index (χ2n) is 5.88. The number of hydrogen-bond acceptors (Lipinski definition) is 5. The molecule has 0 aliphatic heterocycles. The Kier molecular flexibility index (Phi) is 6.20. The Labute approximate surface area is 121 Å². The molecule has 0 spiro atoms. The predicted molar refractivity (Wildman–Crippen MR) is 77.4 cm³/mol. The molecule has 114 valence electrons. The van der Waals surface area contributed by atoms with E-state index in [4.69, 9.17) is 9.15 Å². The molecule has 0 fully saturated rings. The van der Waals surface area contributed by atoms with Gasteiger partial charge in [-0.2, -0.15) is 0 Å². The van der Waals surface area contributed by atoms with E-state index in [0.29, 0.717) is 19.0 Å². The molecule has 1 aromatic heterocycles. The number of hydrogen-bond donors (Lipinski definition) is 0. The zero-order valence-electron chi connectivity index (χ0n) is 13.2. The van der Waals surface area contributed by atoms with Gasteiger partial charge >= 0.3 is 5.97 Å². The molecule has 0 saturated carbocycles. The van der Waals surface area contributed by atoms with Gasteiger partial charge in [-0.1, -0.05) is 27.7 Å². The summed E-state index contributed by atoms with van der Waals surface area (Å²) >= 11 is 0. The van der Waals surface area contributed by atoms with Crippen LogP contribution in [0.2, 0.25) is 0 Å². The van der Waals surface area contributed by atoms with Crippen molar-refractivity contribution in [3.8, 4) is 0 Å². The molecule has 0 unspecified atom stereocenters. The van der Waals surface area contributed by atoms with Gasteiger partial charge in [-0.25, -0.2) is 4.98 Å². The van der Waals surface area contributed by atoms with Crippen molar-refractivity contribution in [1.29, 1.82) is 0 Å². The third-order valence-electron chi connectivity index (χ3n) is 2.85. The summed E-state index contributed by atoms with van der Waals surface area (Å²) in [7, 11) is 0. The lowest BCUT2D eigenvalue weighted by atomic mass is 9.94. The molecule has 0 saturated heterocycles. The molecule has 20 heavy (non-hydrogen) atoms. The zero-order chi connectivity index (χ0) is 15.2. The van der Waals surface area contributed by atoms with Gasteiger partial charge in [0.2, 0.25) is 5.89 Å². The van der Waals surface area contributed by atoms with Crippen LogP contribution in [-0.4, -0.2) is 35.5 Å². The van der Waals surface area contributed by atoms with E-state index in [2.05, 4.69) is 32.7 Å².